The van der Waals surface area contributed by atoms with E-state index in [4.69, 9.17) is 0 Å². The van der Waals surface area contributed by atoms with Crippen molar-refractivity contribution in [2.24, 2.45) is 28.6 Å². The Balaban J connectivity index is 1.79. The smallest absolute Gasteiger partial charge is 0.194 e. The van der Waals surface area contributed by atoms with Gasteiger partial charge in [-0.05, 0) is 55.2 Å². The molecule has 4 rings (SSSR count). The number of hydrogen-bond donors (Lipinski definition) is 3. The molecular formula is C22H28O5. The largest absolute Gasteiger partial charge is 0.393 e. The third-order valence-corrected chi connectivity index (χ3v) is 8.24. The van der Waals surface area contributed by atoms with Crippen LogP contribution < -0.4 is 0 Å². The molecule has 0 radical (unpaired) electrons. The fourth-order valence-corrected chi connectivity index (χ4v) is 6.91. The van der Waals surface area contributed by atoms with Crippen LogP contribution in [0.1, 0.15) is 39.5 Å². The molecule has 0 aromatic carbocycles. The summed E-state index contributed by atoms with van der Waals surface area (Å²) in [5.41, 5.74) is -1.52. The Morgan fingerprint density at radius 3 is 2.74 bits per heavy atom. The van der Waals surface area contributed by atoms with Crippen molar-refractivity contribution in [2.45, 2.75) is 51.2 Å². The minimum absolute atomic E-state index is 0.00306. The lowest BCUT2D eigenvalue weighted by molar-refractivity contribution is -0.173. The summed E-state index contributed by atoms with van der Waals surface area (Å²) in [6, 6.07) is 0. The molecule has 3 saturated carbocycles. The first-order chi connectivity index (χ1) is 12.6. The molecule has 5 nitrogen and oxygen atoms in total. The maximum absolute atomic E-state index is 12.5. The number of ketones is 2. The predicted molar refractivity (Wildman–Crippen MR) is 99.6 cm³/mol. The lowest BCUT2D eigenvalue weighted by Gasteiger charge is -2.59. The quantitative estimate of drug-likeness (QED) is 0.642. The van der Waals surface area contributed by atoms with E-state index in [0.29, 0.717) is 12.0 Å². The first-order valence-electron chi connectivity index (χ1n) is 9.76. The first-order valence-corrected chi connectivity index (χ1v) is 9.76. The highest BCUT2D eigenvalue weighted by Crippen LogP contribution is 2.67. The lowest BCUT2D eigenvalue weighted by Crippen LogP contribution is -2.62. The highest BCUT2D eigenvalue weighted by molar-refractivity contribution is 6.01. The third kappa shape index (κ3) is 2.16. The van der Waals surface area contributed by atoms with Gasteiger partial charge in [0.1, 0.15) is 6.61 Å². The highest BCUT2D eigenvalue weighted by atomic mass is 16.3. The van der Waals surface area contributed by atoms with Crippen molar-refractivity contribution < 1.29 is 24.9 Å². The maximum atomic E-state index is 12.5. The summed E-state index contributed by atoms with van der Waals surface area (Å²) >= 11 is 0. The molecule has 4 aliphatic rings. The molecule has 146 valence electrons. The van der Waals surface area contributed by atoms with Crippen LogP contribution in [0.25, 0.3) is 0 Å². The van der Waals surface area contributed by atoms with Gasteiger partial charge in [0, 0.05) is 16.7 Å². The van der Waals surface area contributed by atoms with E-state index in [1.54, 1.807) is 12.2 Å². The Morgan fingerprint density at radius 2 is 2.07 bits per heavy atom. The second-order valence-corrected chi connectivity index (χ2v) is 9.31. The molecule has 27 heavy (non-hydrogen) atoms. The molecule has 7 atom stereocenters. The van der Waals surface area contributed by atoms with Gasteiger partial charge in [-0.2, -0.15) is 0 Å². The third-order valence-electron chi connectivity index (χ3n) is 8.24. The lowest BCUT2D eigenvalue weighted by atomic mass is 9.46. The number of aliphatic hydroxyl groups excluding tert-OH is 2. The van der Waals surface area contributed by atoms with Crippen molar-refractivity contribution in [2.75, 3.05) is 6.61 Å². The van der Waals surface area contributed by atoms with Crippen LogP contribution in [0.3, 0.4) is 0 Å². The number of fused-ring (bicyclic) bond motifs is 5. The molecule has 0 spiro atoms. The number of rotatable bonds is 2. The normalized spacial score (nSPS) is 48.6. The zero-order valence-electron chi connectivity index (χ0n) is 15.9. The van der Waals surface area contributed by atoms with Crippen LogP contribution in [0, 0.1) is 28.6 Å². The van der Waals surface area contributed by atoms with E-state index in [1.165, 1.54) is 0 Å². The van der Waals surface area contributed by atoms with E-state index in [9.17, 15) is 24.9 Å². The molecule has 3 fully saturated rings. The standard InChI is InChI=1S/C22H28O5/c1-12-8-16-15-5-4-13-9-14(24)6-7-20(13,2)19(15)17(25)10-21(16,3)22(12,27)18(26)11-23/h6-7,9,15-17,19,23,25,27H,1,4-5,8,10-11H2,2-3H3/t15-,16-,17-,19?,20-,21-,22-/m0/s1. The minimum atomic E-state index is -1.80. The average Bonchev–Trinajstić information content (AvgIpc) is 2.82. The van der Waals surface area contributed by atoms with Gasteiger partial charge in [-0.25, -0.2) is 0 Å². The number of Topliss-reactive ketones (excluding diaryl/α,β-unsaturated/α-hetero) is 1. The Morgan fingerprint density at radius 1 is 1.37 bits per heavy atom. The van der Waals surface area contributed by atoms with Crippen molar-refractivity contribution >= 4 is 11.6 Å². The van der Waals surface area contributed by atoms with Crippen molar-refractivity contribution in [3.63, 3.8) is 0 Å². The molecule has 3 N–H and O–H groups in total. The van der Waals surface area contributed by atoms with Crippen LogP contribution in [0.5, 0.6) is 0 Å². The van der Waals surface area contributed by atoms with Crippen molar-refractivity contribution in [3.05, 3.63) is 36.0 Å². The molecule has 0 heterocycles. The Kier molecular flexibility index (Phi) is 3.98. The van der Waals surface area contributed by atoms with E-state index in [-0.39, 0.29) is 35.4 Å². The molecule has 0 aliphatic heterocycles. The summed E-state index contributed by atoms with van der Waals surface area (Å²) < 4.78 is 0. The van der Waals surface area contributed by atoms with Crippen LogP contribution in [-0.2, 0) is 9.59 Å². The van der Waals surface area contributed by atoms with Gasteiger partial charge >= 0.3 is 0 Å². The molecule has 0 saturated heterocycles. The number of hydrogen-bond acceptors (Lipinski definition) is 5. The van der Waals surface area contributed by atoms with Gasteiger partial charge in [-0.3, -0.25) is 9.59 Å². The number of carbonyl (C=O) groups is 2. The van der Waals surface area contributed by atoms with Crippen molar-refractivity contribution in [1.82, 2.24) is 0 Å². The summed E-state index contributed by atoms with van der Waals surface area (Å²) in [7, 11) is 0. The number of aliphatic hydroxyl groups is 3. The topological polar surface area (TPSA) is 94.8 Å². The van der Waals surface area contributed by atoms with Crippen LogP contribution in [-0.4, -0.2) is 45.2 Å². The van der Waals surface area contributed by atoms with E-state index in [0.717, 1.165) is 18.4 Å². The Hall–Kier alpha value is -1.56. The summed E-state index contributed by atoms with van der Waals surface area (Å²) in [6.45, 7) is 7.19. The minimum Gasteiger partial charge on any atom is -0.393 e. The van der Waals surface area contributed by atoms with Crippen LogP contribution in [0.2, 0.25) is 0 Å². The van der Waals surface area contributed by atoms with Gasteiger partial charge in [0.2, 0.25) is 0 Å². The molecule has 0 aromatic rings. The fraction of sp³-hybridized carbons (Fsp3) is 0.636. The molecule has 4 aliphatic carbocycles. The molecule has 0 amide bonds. The molecule has 0 bridgehead atoms. The molecule has 5 heteroatoms. The van der Waals surface area contributed by atoms with Crippen LogP contribution in [0.15, 0.2) is 36.0 Å². The van der Waals surface area contributed by atoms with Crippen molar-refractivity contribution in [3.8, 4) is 0 Å². The zero-order chi connectivity index (χ0) is 19.8. The second kappa shape index (κ2) is 5.72. The summed E-state index contributed by atoms with van der Waals surface area (Å²) in [5, 5.41) is 32.0. The predicted octanol–water partition coefficient (Wildman–Crippen LogP) is 1.72. The van der Waals surface area contributed by atoms with Crippen molar-refractivity contribution in [1.29, 1.82) is 0 Å². The molecule has 0 aromatic heterocycles. The van der Waals surface area contributed by atoms with E-state index in [1.807, 2.05) is 13.0 Å². The summed E-state index contributed by atoms with van der Waals surface area (Å²) in [5.74, 6) is -0.597. The van der Waals surface area contributed by atoms with Gasteiger partial charge in [-0.1, -0.05) is 32.1 Å². The second-order valence-electron chi connectivity index (χ2n) is 9.31. The average molecular weight is 372 g/mol. The first kappa shape index (κ1) is 18.8. The highest BCUT2D eigenvalue weighted by Gasteiger charge is 2.69. The summed E-state index contributed by atoms with van der Waals surface area (Å²) in [6.07, 6.45) is 6.87. The maximum Gasteiger partial charge on any atom is 0.194 e. The fourth-order valence-electron chi connectivity index (χ4n) is 6.91. The zero-order valence-corrected chi connectivity index (χ0v) is 15.9. The molecular weight excluding hydrogens is 344 g/mol. The van der Waals surface area contributed by atoms with E-state index in [2.05, 4.69) is 13.5 Å². The van der Waals surface area contributed by atoms with Gasteiger partial charge in [0.05, 0.1) is 6.10 Å². The molecule has 1 unspecified atom stereocenters. The van der Waals surface area contributed by atoms with Gasteiger partial charge < -0.3 is 15.3 Å². The SMILES string of the molecule is C=C1C[C@H]2[C@@H]3CCC4=CC(=O)C=C[C@]4(C)C3[C@@H](O)C[C@]2(C)[C@@]1(O)C(=O)CO. The monoisotopic (exact) mass is 372 g/mol. The van der Waals surface area contributed by atoms with E-state index < -0.39 is 29.5 Å². The summed E-state index contributed by atoms with van der Waals surface area (Å²) in [4.78, 5) is 24.3. The van der Waals surface area contributed by atoms with Gasteiger partial charge in [0.25, 0.3) is 0 Å². The Labute approximate surface area is 159 Å². The van der Waals surface area contributed by atoms with Gasteiger partial charge in [0.15, 0.2) is 17.2 Å². The number of carbonyl (C=O) groups excluding carboxylic acids is 2. The van der Waals surface area contributed by atoms with Gasteiger partial charge in [-0.15, -0.1) is 0 Å². The van der Waals surface area contributed by atoms with E-state index >= 15 is 0 Å². The van der Waals surface area contributed by atoms with Crippen LogP contribution >= 0.6 is 0 Å². The Bertz CT molecular complexity index is 795. The van der Waals surface area contributed by atoms with Crippen LogP contribution in [0.4, 0.5) is 0 Å². The number of allylic oxidation sites excluding steroid dienone is 4.